The number of ether oxygens (including phenoxy) is 2. The Labute approximate surface area is 131 Å². The maximum absolute atomic E-state index is 13.0. The van der Waals surface area contributed by atoms with Crippen LogP contribution in [0.25, 0.3) is 0 Å². The van der Waals surface area contributed by atoms with Crippen LogP contribution >= 0.6 is 0 Å². The van der Waals surface area contributed by atoms with E-state index in [1.165, 1.54) is 4.31 Å². The molecule has 22 heavy (non-hydrogen) atoms. The van der Waals surface area contributed by atoms with Crippen LogP contribution in [0.15, 0.2) is 23.1 Å². The Balaban J connectivity index is 1.92. The Morgan fingerprint density at radius 2 is 2.05 bits per heavy atom. The van der Waals surface area contributed by atoms with Gasteiger partial charge in [-0.25, -0.2) is 8.42 Å². The monoisotopic (exact) mass is 326 g/mol. The SMILES string of the molecule is CN1CCC[C@@H](N(C)S(=O)(=O)c2cccc3c2OCCO3)C1. The second-order valence-corrected chi connectivity index (χ2v) is 7.83. The van der Waals surface area contributed by atoms with Gasteiger partial charge in [-0.2, -0.15) is 4.31 Å². The number of likely N-dealkylation sites (tertiary alicyclic amines) is 1. The highest BCUT2D eigenvalue weighted by atomic mass is 32.2. The zero-order valence-corrected chi connectivity index (χ0v) is 13.8. The maximum atomic E-state index is 13.0. The molecule has 0 bridgehead atoms. The van der Waals surface area contributed by atoms with Crippen LogP contribution in [0.2, 0.25) is 0 Å². The van der Waals surface area contributed by atoms with Gasteiger partial charge in [-0.1, -0.05) is 6.07 Å². The number of para-hydroxylation sites is 1. The van der Waals surface area contributed by atoms with Crippen LogP contribution in [0.5, 0.6) is 11.5 Å². The van der Waals surface area contributed by atoms with E-state index < -0.39 is 10.0 Å². The summed E-state index contributed by atoms with van der Waals surface area (Å²) in [6.07, 6.45) is 1.89. The first-order valence-electron chi connectivity index (χ1n) is 7.55. The highest BCUT2D eigenvalue weighted by Crippen LogP contribution is 2.38. The van der Waals surface area contributed by atoms with Crippen molar-refractivity contribution in [3.8, 4) is 11.5 Å². The second kappa shape index (κ2) is 6.06. The largest absolute Gasteiger partial charge is 0.486 e. The third-order valence-corrected chi connectivity index (χ3v) is 6.23. The minimum absolute atomic E-state index is 0.0101. The lowest BCUT2D eigenvalue weighted by Gasteiger charge is -2.35. The quantitative estimate of drug-likeness (QED) is 0.834. The standard InChI is InChI=1S/C15H22N2O4S/c1-16-8-4-5-12(11-16)17(2)22(18,19)14-7-3-6-13-15(14)21-10-9-20-13/h3,6-7,12H,4-5,8-11H2,1-2H3/t12-/m1/s1. The van der Waals surface area contributed by atoms with Gasteiger partial charge in [0.2, 0.25) is 10.0 Å². The van der Waals surface area contributed by atoms with Crippen LogP contribution in [-0.2, 0) is 10.0 Å². The van der Waals surface area contributed by atoms with E-state index in [9.17, 15) is 8.42 Å². The number of sulfonamides is 1. The molecule has 2 aliphatic rings. The predicted molar refractivity (Wildman–Crippen MR) is 82.9 cm³/mol. The van der Waals surface area contributed by atoms with E-state index in [2.05, 4.69) is 4.90 Å². The van der Waals surface area contributed by atoms with Crippen LogP contribution in [-0.4, -0.2) is 64.1 Å². The van der Waals surface area contributed by atoms with Gasteiger partial charge in [0.25, 0.3) is 0 Å². The Morgan fingerprint density at radius 3 is 2.82 bits per heavy atom. The second-order valence-electron chi connectivity index (χ2n) is 5.86. The third-order valence-electron chi connectivity index (χ3n) is 4.30. The van der Waals surface area contributed by atoms with Crippen molar-refractivity contribution in [2.75, 3.05) is 40.4 Å². The lowest BCUT2D eigenvalue weighted by atomic mass is 10.1. The van der Waals surface area contributed by atoms with Crippen molar-refractivity contribution in [1.29, 1.82) is 0 Å². The summed E-state index contributed by atoms with van der Waals surface area (Å²) in [6.45, 7) is 2.58. The van der Waals surface area contributed by atoms with Crippen molar-refractivity contribution in [2.24, 2.45) is 0 Å². The molecule has 7 heteroatoms. The Kier molecular flexibility index (Phi) is 4.29. The number of hydrogen-bond donors (Lipinski definition) is 0. The fourth-order valence-corrected chi connectivity index (χ4v) is 4.56. The number of fused-ring (bicyclic) bond motifs is 1. The normalized spacial score (nSPS) is 22.8. The molecule has 0 amide bonds. The molecule has 1 fully saturated rings. The first kappa shape index (κ1) is 15.6. The molecule has 0 unspecified atom stereocenters. The summed E-state index contributed by atoms with van der Waals surface area (Å²) < 4.78 is 38.5. The fraction of sp³-hybridized carbons (Fsp3) is 0.600. The van der Waals surface area contributed by atoms with E-state index in [1.807, 2.05) is 7.05 Å². The van der Waals surface area contributed by atoms with Gasteiger partial charge in [-0.3, -0.25) is 0 Å². The summed E-state index contributed by atoms with van der Waals surface area (Å²) in [5, 5.41) is 0. The van der Waals surface area contributed by atoms with Crippen molar-refractivity contribution in [2.45, 2.75) is 23.8 Å². The highest BCUT2D eigenvalue weighted by molar-refractivity contribution is 7.89. The minimum atomic E-state index is -3.60. The van der Waals surface area contributed by atoms with E-state index in [-0.39, 0.29) is 10.9 Å². The molecular formula is C15H22N2O4S. The molecule has 6 nitrogen and oxygen atoms in total. The average molecular weight is 326 g/mol. The van der Waals surface area contributed by atoms with Crippen LogP contribution in [0.3, 0.4) is 0 Å². The molecular weight excluding hydrogens is 304 g/mol. The number of benzene rings is 1. The molecule has 0 aromatic heterocycles. The first-order chi connectivity index (χ1) is 10.5. The van der Waals surface area contributed by atoms with E-state index in [4.69, 9.17) is 9.47 Å². The zero-order chi connectivity index (χ0) is 15.7. The van der Waals surface area contributed by atoms with E-state index in [0.29, 0.717) is 24.7 Å². The molecule has 2 heterocycles. The van der Waals surface area contributed by atoms with E-state index in [0.717, 1.165) is 25.9 Å². The topological polar surface area (TPSA) is 59.1 Å². The fourth-order valence-electron chi connectivity index (χ4n) is 3.04. The number of nitrogens with zero attached hydrogens (tertiary/aromatic N) is 2. The van der Waals surface area contributed by atoms with Gasteiger partial charge in [0.1, 0.15) is 18.1 Å². The summed E-state index contributed by atoms with van der Waals surface area (Å²) in [5.74, 6) is 0.839. The van der Waals surface area contributed by atoms with Gasteiger partial charge >= 0.3 is 0 Å². The lowest BCUT2D eigenvalue weighted by Crippen LogP contribution is -2.47. The molecule has 1 aromatic rings. The van der Waals surface area contributed by atoms with E-state index >= 15 is 0 Å². The molecule has 0 radical (unpaired) electrons. The molecule has 122 valence electrons. The number of rotatable bonds is 3. The van der Waals surface area contributed by atoms with Crippen LogP contribution in [0.4, 0.5) is 0 Å². The molecule has 1 saturated heterocycles. The Morgan fingerprint density at radius 1 is 1.27 bits per heavy atom. The lowest BCUT2D eigenvalue weighted by molar-refractivity contribution is 0.165. The summed E-state index contributed by atoms with van der Waals surface area (Å²) in [6, 6.07) is 5.01. The average Bonchev–Trinajstić information content (AvgIpc) is 2.53. The molecule has 1 aromatic carbocycles. The predicted octanol–water partition coefficient (Wildman–Crippen LogP) is 1.17. The van der Waals surface area contributed by atoms with Crippen molar-refractivity contribution in [3.63, 3.8) is 0 Å². The Hall–Kier alpha value is -1.31. The zero-order valence-electron chi connectivity index (χ0n) is 13.0. The summed E-state index contributed by atoms with van der Waals surface area (Å²) in [5.41, 5.74) is 0. The van der Waals surface area contributed by atoms with Crippen LogP contribution < -0.4 is 9.47 Å². The minimum Gasteiger partial charge on any atom is -0.486 e. The molecule has 0 saturated carbocycles. The van der Waals surface area contributed by atoms with E-state index in [1.54, 1.807) is 25.2 Å². The number of piperidine rings is 1. The van der Waals surface area contributed by atoms with Gasteiger partial charge in [-0.05, 0) is 38.6 Å². The van der Waals surface area contributed by atoms with Gasteiger partial charge in [0.15, 0.2) is 11.5 Å². The molecule has 3 rings (SSSR count). The van der Waals surface area contributed by atoms with Crippen LogP contribution in [0.1, 0.15) is 12.8 Å². The first-order valence-corrected chi connectivity index (χ1v) is 8.99. The van der Waals surface area contributed by atoms with Gasteiger partial charge < -0.3 is 14.4 Å². The van der Waals surface area contributed by atoms with Crippen LogP contribution in [0, 0.1) is 0 Å². The number of likely N-dealkylation sites (N-methyl/N-ethyl adjacent to an activating group) is 2. The Bertz CT molecular complexity index is 647. The molecule has 0 N–H and O–H groups in total. The molecule has 0 spiro atoms. The molecule has 1 atom stereocenters. The van der Waals surface area contributed by atoms with Gasteiger partial charge in [-0.15, -0.1) is 0 Å². The van der Waals surface area contributed by atoms with Crippen molar-refractivity contribution >= 4 is 10.0 Å². The van der Waals surface area contributed by atoms with Gasteiger partial charge in [0.05, 0.1) is 0 Å². The summed E-state index contributed by atoms with van der Waals surface area (Å²) in [4.78, 5) is 2.36. The van der Waals surface area contributed by atoms with Gasteiger partial charge in [0, 0.05) is 19.6 Å². The maximum Gasteiger partial charge on any atom is 0.246 e. The van der Waals surface area contributed by atoms with Crippen molar-refractivity contribution in [3.05, 3.63) is 18.2 Å². The molecule has 2 aliphatic heterocycles. The van der Waals surface area contributed by atoms with Crippen molar-refractivity contribution < 1.29 is 17.9 Å². The summed E-state index contributed by atoms with van der Waals surface area (Å²) >= 11 is 0. The summed E-state index contributed by atoms with van der Waals surface area (Å²) in [7, 11) is 0.0749. The smallest absolute Gasteiger partial charge is 0.246 e. The third kappa shape index (κ3) is 2.80. The number of hydrogen-bond acceptors (Lipinski definition) is 5. The molecule has 0 aliphatic carbocycles. The highest BCUT2D eigenvalue weighted by Gasteiger charge is 2.34. The van der Waals surface area contributed by atoms with Crippen molar-refractivity contribution in [1.82, 2.24) is 9.21 Å².